The lowest BCUT2D eigenvalue weighted by Gasteiger charge is -2.38. The molecule has 1 saturated heterocycles. The fourth-order valence-electron chi connectivity index (χ4n) is 8.76. The van der Waals surface area contributed by atoms with Crippen molar-refractivity contribution in [3.05, 3.63) is 152 Å². The maximum absolute atomic E-state index is 12.8. The van der Waals surface area contributed by atoms with Crippen LogP contribution in [0.15, 0.2) is 85.2 Å². The highest BCUT2D eigenvalue weighted by molar-refractivity contribution is 6.89. The van der Waals surface area contributed by atoms with Gasteiger partial charge in [0.15, 0.2) is 0 Å². The van der Waals surface area contributed by atoms with E-state index in [9.17, 15) is 4.79 Å². The van der Waals surface area contributed by atoms with Crippen molar-refractivity contribution in [2.45, 2.75) is 108 Å². The molecule has 58 heavy (non-hydrogen) atoms. The number of para-hydroxylation sites is 2. The van der Waals surface area contributed by atoms with Gasteiger partial charge in [-0.2, -0.15) is 0 Å². The second-order valence-corrected chi connectivity index (χ2v) is 17.3. The number of esters is 1. The highest BCUT2D eigenvalue weighted by atomic mass is 16.7. The van der Waals surface area contributed by atoms with E-state index in [4.69, 9.17) is 19.0 Å². The fourth-order valence-corrected chi connectivity index (χ4v) is 8.76. The first kappa shape index (κ1) is 42.5. The van der Waals surface area contributed by atoms with Gasteiger partial charge in [-0.25, -0.2) is 4.79 Å². The molecule has 0 amide bonds. The van der Waals surface area contributed by atoms with Gasteiger partial charge >= 0.3 is 20.1 Å². The van der Waals surface area contributed by atoms with E-state index in [0.717, 1.165) is 39.3 Å². The zero-order valence-electron chi connectivity index (χ0n) is 37.2. The second kappa shape index (κ2) is 16.3. The molecule has 9 heteroatoms. The van der Waals surface area contributed by atoms with Crippen LogP contribution in [-0.2, 0) is 14.0 Å². The number of aryl methyl sites for hydroxylation is 10. The van der Waals surface area contributed by atoms with E-state index in [-0.39, 0.29) is 6.85 Å². The average molecular weight is 776 g/mol. The van der Waals surface area contributed by atoms with Crippen LogP contribution < -0.4 is 20.5 Å². The summed E-state index contributed by atoms with van der Waals surface area (Å²) in [7, 11) is 0.553. The number of pyridine rings is 1. The van der Waals surface area contributed by atoms with Crippen molar-refractivity contribution in [2.75, 3.05) is 16.7 Å². The number of benzene rings is 4. The predicted molar refractivity (Wildman–Crippen MR) is 243 cm³/mol. The van der Waals surface area contributed by atoms with E-state index < -0.39 is 24.4 Å². The third kappa shape index (κ3) is 7.99. The van der Waals surface area contributed by atoms with Crippen LogP contribution in [0, 0.1) is 69.2 Å². The van der Waals surface area contributed by atoms with Gasteiger partial charge in [0.2, 0.25) is 0 Å². The molecule has 0 radical (unpaired) electrons. The van der Waals surface area contributed by atoms with Crippen molar-refractivity contribution < 1.29 is 18.8 Å². The number of hydrogen-bond donors (Lipinski definition) is 0. The van der Waals surface area contributed by atoms with Crippen molar-refractivity contribution in [2.24, 2.45) is 0 Å². The number of hydrogen-bond acceptors (Lipinski definition) is 7. The van der Waals surface area contributed by atoms with Gasteiger partial charge in [0.1, 0.15) is 0 Å². The lowest BCUT2D eigenvalue weighted by atomic mass is 9.45. The minimum absolute atomic E-state index is 0.261. The van der Waals surface area contributed by atoms with Gasteiger partial charge in [0.05, 0.1) is 35.3 Å². The SMILES string of the molecule is COC(=O)c1ccc(/C(=C\N(B(c2c(C)cc(C)cc2C)c2c(C)cc(C)cc2C)c2c(C)cccc2C)N(B2OC(C)(C)C(C)(C)O2)c2c(C)cccc2C)nc1. The Balaban J connectivity index is 1.81. The molecule has 0 saturated carbocycles. The predicted octanol–water partition coefficient (Wildman–Crippen LogP) is 9.66. The van der Waals surface area contributed by atoms with Gasteiger partial charge in [-0.3, -0.25) is 4.98 Å². The van der Waals surface area contributed by atoms with Crippen LogP contribution in [0.5, 0.6) is 0 Å². The Hall–Kier alpha value is -5.11. The summed E-state index contributed by atoms with van der Waals surface area (Å²) < 4.78 is 19.1. The number of nitrogens with zero attached hydrogens (tertiary/aromatic N) is 3. The number of carbonyl (C=O) groups is 1. The molecule has 1 fully saturated rings. The van der Waals surface area contributed by atoms with E-state index in [1.54, 1.807) is 12.3 Å². The molecular weight excluding hydrogens is 716 g/mol. The Morgan fingerprint density at radius 3 is 1.48 bits per heavy atom. The Morgan fingerprint density at radius 2 is 1.09 bits per heavy atom. The maximum Gasteiger partial charge on any atom is 0.599 e. The van der Waals surface area contributed by atoms with Crippen LogP contribution in [0.1, 0.15) is 99.4 Å². The van der Waals surface area contributed by atoms with E-state index in [1.165, 1.54) is 51.4 Å². The lowest BCUT2D eigenvalue weighted by molar-refractivity contribution is 0.00578. The molecule has 6 rings (SSSR count). The Morgan fingerprint density at radius 1 is 0.655 bits per heavy atom. The Bertz CT molecular complexity index is 2240. The summed E-state index contributed by atoms with van der Waals surface area (Å²) in [6.07, 6.45) is 3.83. The molecule has 2 heterocycles. The molecule has 5 aromatic rings. The highest BCUT2D eigenvalue weighted by Gasteiger charge is 2.55. The number of rotatable bonds is 10. The first-order valence-electron chi connectivity index (χ1n) is 20.2. The van der Waals surface area contributed by atoms with E-state index in [0.29, 0.717) is 11.3 Å². The Kier molecular flexibility index (Phi) is 11.9. The molecular formula is C49H59B2N3O4. The van der Waals surface area contributed by atoms with Crippen LogP contribution in [0.2, 0.25) is 0 Å². The van der Waals surface area contributed by atoms with Crippen LogP contribution in [-0.4, -0.2) is 43.4 Å². The minimum Gasteiger partial charge on any atom is -0.465 e. The quantitative estimate of drug-likeness (QED) is 0.103. The molecule has 1 aliphatic heterocycles. The average Bonchev–Trinajstić information content (AvgIpc) is 3.35. The molecule has 1 aromatic heterocycles. The molecule has 1 aliphatic rings. The van der Waals surface area contributed by atoms with Crippen molar-refractivity contribution in [3.63, 3.8) is 0 Å². The van der Waals surface area contributed by atoms with E-state index in [2.05, 4.69) is 173 Å². The number of ether oxygens (including phenoxy) is 1. The second-order valence-electron chi connectivity index (χ2n) is 17.3. The summed E-state index contributed by atoms with van der Waals surface area (Å²) in [4.78, 5) is 22.4. The lowest BCUT2D eigenvalue weighted by Crippen LogP contribution is -2.59. The number of carbonyl (C=O) groups excluding carboxylic acids is 1. The third-order valence-electron chi connectivity index (χ3n) is 12.1. The van der Waals surface area contributed by atoms with Gasteiger partial charge in [0, 0.05) is 23.8 Å². The van der Waals surface area contributed by atoms with E-state index >= 15 is 0 Å². The highest BCUT2D eigenvalue weighted by Crippen LogP contribution is 2.43. The van der Waals surface area contributed by atoms with Gasteiger partial charge < -0.3 is 23.7 Å². The molecule has 0 unspecified atom stereocenters. The first-order chi connectivity index (χ1) is 27.3. The third-order valence-corrected chi connectivity index (χ3v) is 12.1. The number of anilines is 2. The molecule has 0 atom stereocenters. The smallest absolute Gasteiger partial charge is 0.465 e. The topological polar surface area (TPSA) is 64.1 Å². The van der Waals surface area contributed by atoms with Gasteiger partial charge in [0.25, 0.3) is 0 Å². The molecule has 4 aromatic carbocycles. The molecule has 0 bridgehead atoms. The number of methoxy groups -OCH3 is 1. The van der Waals surface area contributed by atoms with Crippen LogP contribution in [0.25, 0.3) is 5.70 Å². The van der Waals surface area contributed by atoms with Crippen molar-refractivity contribution in [3.8, 4) is 0 Å². The fraction of sp³-hybridized carbons (Fsp3) is 0.347. The van der Waals surface area contributed by atoms with Gasteiger partial charge in [-0.05, 0) is 142 Å². The van der Waals surface area contributed by atoms with Gasteiger partial charge in [-0.1, -0.05) is 94.0 Å². The largest absolute Gasteiger partial charge is 0.599 e. The summed E-state index contributed by atoms with van der Waals surface area (Å²) >= 11 is 0. The van der Waals surface area contributed by atoms with Crippen molar-refractivity contribution >= 4 is 48.1 Å². The first-order valence-corrected chi connectivity index (χ1v) is 20.2. The minimum atomic E-state index is -0.831. The van der Waals surface area contributed by atoms with Gasteiger partial charge in [-0.15, -0.1) is 0 Å². The normalized spacial score (nSPS) is 14.7. The maximum atomic E-state index is 12.8. The molecule has 7 nitrogen and oxygen atoms in total. The molecule has 300 valence electrons. The Labute approximate surface area is 347 Å². The molecule has 0 spiro atoms. The van der Waals surface area contributed by atoms with Crippen molar-refractivity contribution in [1.82, 2.24) is 4.98 Å². The zero-order valence-corrected chi connectivity index (χ0v) is 37.2. The van der Waals surface area contributed by atoms with E-state index in [1.807, 2.05) is 6.07 Å². The summed E-state index contributed by atoms with van der Waals surface area (Å²) in [5.41, 5.74) is 16.7. The van der Waals surface area contributed by atoms with Crippen molar-refractivity contribution in [1.29, 1.82) is 0 Å². The standard InChI is InChI=1S/C49H59B2N3O4/c1-30-24-36(7)43(37(8)25-30)50(44-38(9)26-31(2)27-39(44)10)53(45-32(3)18-16-19-33(45)4)29-42(41-23-22-40(28-52-41)47(55)56-15)54(46-34(5)20-17-21-35(46)6)51-57-48(11,12)49(13,14)58-51/h16-29H,1-15H3/b42-29+. The molecule has 0 N–H and O–H groups in total. The number of aromatic nitrogens is 1. The van der Waals surface area contributed by atoms with Crippen LogP contribution in [0.4, 0.5) is 11.4 Å². The molecule has 0 aliphatic carbocycles. The summed E-state index contributed by atoms with van der Waals surface area (Å²) in [6.45, 7) is 29.9. The monoisotopic (exact) mass is 775 g/mol. The summed E-state index contributed by atoms with van der Waals surface area (Å²) in [5.74, 6) is -0.449. The summed E-state index contributed by atoms with van der Waals surface area (Å²) in [5, 5.41) is 0. The summed E-state index contributed by atoms with van der Waals surface area (Å²) in [6, 6.07) is 25.7. The zero-order chi connectivity index (χ0) is 42.4. The van der Waals surface area contributed by atoms with Crippen LogP contribution >= 0.6 is 0 Å². The van der Waals surface area contributed by atoms with Crippen LogP contribution in [0.3, 0.4) is 0 Å².